The molecular formula is C25H25NO2S. The number of terminal acetylenes is 1. The molecular weight excluding hydrogens is 378 g/mol. The van der Waals surface area contributed by atoms with Crippen LogP contribution in [0.3, 0.4) is 0 Å². The van der Waals surface area contributed by atoms with E-state index in [-0.39, 0.29) is 11.8 Å². The van der Waals surface area contributed by atoms with Gasteiger partial charge in [-0.05, 0) is 43.0 Å². The largest absolute Gasteiger partial charge is 0.460 e. The summed E-state index contributed by atoms with van der Waals surface area (Å²) in [6.07, 6.45) is 9.71. The molecule has 1 N–H and O–H groups in total. The molecule has 0 bridgehead atoms. The zero-order valence-corrected chi connectivity index (χ0v) is 17.3. The average Bonchev–Trinajstić information content (AvgIpc) is 3.53. The van der Waals surface area contributed by atoms with Crippen molar-refractivity contribution in [2.75, 3.05) is 12.3 Å². The minimum atomic E-state index is 0.188. The summed E-state index contributed by atoms with van der Waals surface area (Å²) in [5.74, 6) is 5.00. The topological polar surface area (TPSA) is 42.2 Å². The van der Waals surface area contributed by atoms with Crippen molar-refractivity contribution in [2.45, 2.75) is 37.0 Å². The van der Waals surface area contributed by atoms with Gasteiger partial charge in [-0.2, -0.15) is 0 Å². The van der Waals surface area contributed by atoms with Gasteiger partial charge in [0.05, 0.1) is 0 Å². The van der Waals surface area contributed by atoms with E-state index in [0.717, 1.165) is 54.6 Å². The Morgan fingerprint density at radius 1 is 1.21 bits per heavy atom. The van der Waals surface area contributed by atoms with Crippen molar-refractivity contribution < 1.29 is 9.21 Å². The third-order valence-corrected chi connectivity index (χ3v) is 6.19. The molecule has 2 aromatic carbocycles. The Morgan fingerprint density at radius 3 is 2.79 bits per heavy atom. The van der Waals surface area contributed by atoms with Gasteiger partial charge >= 0.3 is 0 Å². The number of hydrogen-bond donors (Lipinski definition) is 1. The van der Waals surface area contributed by atoms with E-state index in [1.165, 1.54) is 16.0 Å². The van der Waals surface area contributed by atoms with Crippen LogP contribution in [0.1, 0.15) is 36.1 Å². The summed E-state index contributed by atoms with van der Waals surface area (Å²) >= 11 is 1.77. The number of furan rings is 1. The lowest BCUT2D eigenvalue weighted by molar-refractivity contribution is -0.122. The second kappa shape index (κ2) is 9.24. The van der Waals surface area contributed by atoms with Gasteiger partial charge in [-0.3, -0.25) is 4.79 Å². The highest BCUT2D eigenvalue weighted by Gasteiger charge is 2.29. The second-order valence-electron chi connectivity index (χ2n) is 7.44. The predicted molar refractivity (Wildman–Crippen MR) is 119 cm³/mol. The smallest absolute Gasteiger partial charge is 0.223 e. The SMILES string of the molecule is C#CCCSc1ccc2oc(Cc3ccccc3)c(CCNC(=O)C3CC3)c2c1. The highest BCUT2D eigenvalue weighted by molar-refractivity contribution is 7.99. The maximum Gasteiger partial charge on any atom is 0.223 e. The van der Waals surface area contributed by atoms with Crippen LogP contribution >= 0.6 is 11.8 Å². The van der Waals surface area contributed by atoms with Crippen molar-refractivity contribution in [3.05, 3.63) is 65.4 Å². The number of thioether (sulfide) groups is 1. The standard InChI is InChI=1S/C25H25NO2S/c1-2-3-15-29-20-11-12-23-22(17-20)21(13-14-26-25(27)19-9-10-19)24(28-23)16-18-7-5-4-6-8-18/h1,4-8,11-12,17,19H,3,9-10,13-16H2,(H,26,27). The van der Waals surface area contributed by atoms with Crippen molar-refractivity contribution >= 4 is 28.6 Å². The van der Waals surface area contributed by atoms with Gasteiger partial charge in [0.25, 0.3) is 0 Å². The summed E-state index contributed by atoms with van der Waals surface area (Å²) < 4.78 is 6.25. The van der Waals surface area contributed by atoms with Gasteiger partial charge in [-0.1, -0.05) is 30.3 Å². The van der Waals surface area contributed by atoms with Crippen LogP contribution in [0, 0.1) is 18.3 Å². The lowest BCUT2D eigenvalue weighted by Gasteiger charge is -2.06. The molecule has 0 radical (unpaired) electrons. The van der Waals surface area contributed by atoms with E-state index in [4.69, 9.17) is 10.8 Å². The van der Waals surface area contributed by atoms with Crippen LogP contribution in [0.15, 0.2) is 57.8 Å². The molecule has 1 aromatic heterocycles. The number of hydrogen-bond acceptors (Lipinski definition) is 3. The summed E-state index contributed by atoms with van der Waals surface area (Å²) in [7, 11) is 0. The Hall–Kier alpha value is -2.64. The first-order valence-electron chi connectivity index (χ1n) is 10.2. The molecule has 1 fully saturated rings. The maximum absolute atomic E-state index is 12.0. The molecule has 1 saturated carbocycles. The lowest BCUT2D eigenvalue weighted by atomic mass is 10.0. The molecule has 29 heavy (non-hydrogen) atoms. The highest BCUT2D eigenvalue weighted by atomic mass is 32.2. The van der Waals surface area contributed by atoms with Crippen LogP contribution in [0.4, 0.5) is 0 Å². The van der Waals surface area contributed by atoms with E-state index in [2.05, 4.69) is 35.5 Å². The molecule has 3 nitrogen and oxygen atoms in total. The fourth-order valence-corrected chi connectivity index (χ4v) is 4.32. The van der Waals surface area contributed by atoms with Gasteiger partial charge in [-0.15, -0.1) is 24.1 Å². The fourth-order valence-electron chi connectivity index (χ4n) is 3.49. The zero-order valence-electron chi connectivity index (χ0n) is 16.4. The van der Waals surface area contributed by atoms with Crippen molar-refractivity contribution in [3.8, 4) is 12.3 Å². The van der Waals surface area contributed by atoms with E-state index >= 15 is 0 Å². The Bertz CT molecular complexity index is 1030. The van der Waals surface area contributed by atoms with Crippen molar-refractivity contribution in [3.63, 3.8) is 0 Å². The van der Waals surface area contributed by atoms with Crippen LogP contribution in [-0.2, 0) is 17.6 Å². The van der Waals surface area contributed by atoms with Crippen molar-refractivity contribution in [1.82, 2.24) is 5.32 Å². The van der Waals surface area contributed by atoms with Crippen molar-refractivity contribution in [1.29, 1.82) is 0 Å². The number of rotatable bonds is 9. The monoisotopic (exact) mass is 403 g/mol. The van der Waals surface area contributed by atoms with Gasteiger partial charge in [0, 0.05) is 46.9 Å². The van der Waals surface area contributed by atoms with Gasteiger partial charge < -0.3 is 9.73 Å². The molecule has 0 unspecified atom stereocenters. The van der Waals surface area contributed by atoms with Gasteiger partial charge in [0.15, 0.2) is 0 Å². The number of amides is 1. The molecule has 0 saturated heterocycles. The van der Waals surface area contributed by atoms with Gasteiger partial charge in [-0.25, -0.2) is 0 Å². The van der Waals surface area contributed by atoms with Crippen molar-refractivity contribution in [2.24, 2.45) is 5.92 Å². The Kier molecular flexibility index (Phi) is 6.27. The minimum Gasteiger partial charge on any atom is -0.460 e. The number of fused-ring (bicyclic) bond motifs is 1. The van der Waals surface area contributed by atoms with E-state index in [0.29, 0.717) is 6.54 Å². The normalized spacial score (nSPS) is 13.3. The summed E-state index contributed by atoms with van der Waals surface area (Å²) in [5, 5.41) is 4.23. The molecule has 4 rings (SSSR count). The third-order valence-electron chi connectivity index (χ3n) is 5.19. The summed E-state index contributed by atoms with van der Waals surface area (Å²) in [5.41, 5.74) is 3.32. The molecule has 0 aliphatic heterocycles. The zero-order chi connectivity index (χ0) is 20.1. The number of carbonyl (C=O) groups excluding carboxylic acids is 1. The van der Waals surface area contributed by atoms with E-state index < -0.39 is 0 Å². The van der Waals surface area contributed by atoms with E-state index in [9.17, 15) is 4.79 Å². The van der Waals surface area contributed by atoms with E-state index in [1.807, 2.05) is 24.3 Å². The molecule has 1 aliphatic carbocycles. The minimum absolute atomic E-state index is 0.188. The van der Waals surface area contributed by atoms with Crippen LogP contribution in [-0.4, -0.2) is 18.2 Å². The molecule has 148 valence electrons. The van der Waals surface area contributed by atoms with Gasteiger partial charge in [0.1, 0.15) is 11.3 Å². The molecule has 0 atom stereocenters. The van der Waals surface area contributed by atoms with Crippen LogP contribution in [0.25, 0.3) is 11.0 Å². The molecule has 1 amide bonds. The Morgan fingerprint density at radius 2 is 2.03 bits per heavy atom. The quantitative estimate of drug-likeness (QED) is 0.303. The summed E-state index contributed by atoms with van der Waals surface area (Å²) in [4.78, 5) is 13.2. The summed E-state index contributed by atoms with van der Waals surface area (Å²) in [6.45, 7) is 0.639. The average molecular weight is 404 g/mol. The van der Waals surface area contributed by atoms with E-state index in [1.54, 1.807) is 11.8 Å². The molecule has 1 aliphatic rings. The fraction of sp³-hybridized carbons (Fsp3) is 0.320. The van der Waals surface area contributed by atoms with Crippen LogP contribution in [0.2, 0.25) is 0 Å². The molecule has 3 aromatic rings. The first-order valence-corrected chi connectivity index (χ1v) is 11.2. The summed E-state index contributed by atoms with van der Waals surface area (Å²) in [6, 6.07) is 16.7. The van der Waals surface area contributed by atoms with Crippen LogP contribution < -0.4 is 5.32 Å². The first-order chi connectivity index (χ1) is 14.2. The second-order valence-corrected chi connectivity index (χ2v) is 8.61. The molecule has 0 spiro atoms. The Balaban J connectivity index is 1.58. The number of benzene rings is 2. The third kappa shape index (κ3) is 5.05. The highest BCUT2D eigenvalue weighted by Crippen LogP contribution is 2.32. The molecule has 1 heterocycles. The molecule has 4 heteroatoms. The lowest BCUT2D eigenvalue weighted by Crippen LogP contribution is -2.27. The van der Waals surface area contributed by atoms with Gasteiger partial charge in [0.2, 0.25) is 5.91 Å². The first kappa shape index (κ1) is 19.7. The van der Waals surface area contributed by atoms with Crippen LogP contribution in [0.5, 0.6) is 0 Å². The Labute approximate surface area is 176 Å². The number of carbonyl (C=O) groups is 1. The maximum atomic E-state index is 12.0. The predicted octanol–water partition coefficient (Wildman–Crippen LogP) is 5.21. The number of nitrogens with one attached hydrogen (secondary N) is 1.